The van der Waals surface area contributed by atoms with Gasteiger partial charge in [-0.1, -0.05) is 34.6 Å². The Morgan fingerprint density at radius 3 is 2.51 bits per heavy atom. The molecule has 12 heteroatoms. The summed E-state index contributed by atoms with van der Waals surface area (Å²) in [5.41, 5.74) is -0.985. The minimum absolute atomic E-state index is 0.0778. The molecule has 12 nitrogen and oxygen atoms in total. The number of nitrogens with zero attached hydrogens (tertiary/aromatic N) is 5. The molecule has 1 aromatic heterocycles. The molecule has 2 saturated heterocycles. The maximum absolute atomic E-state index is 14.3. The molecule has 3 heterocycles. The maximum Gasteiger partial charge on any atom is 0.407 e. The molecule has 1 aromatic rings. The van der Waals surface area contributed by atoms with Crippen LogP contribution in [0.4, 0.5) is 10.6 Å². The Balaban J connectivity index is 1.99. The summed E-state index contributed by atoms with van der Waals surface area (Å²) in [6, 6.07) is -0.506. The molecule has 1 unspecified atom stereocenters. The smallest absolute Gasteiger partial charge is 0.407 e. The number of hydrogen-bond donors (Lipinski definition) is 2. The fourth-order valence-corrected chi connectivity index (χ4v) is 5.45. The first kappa shape index (κ1) is 32.5. The fourth-order valence-electron chi connectivity index (χ4n) is 5.45. The molecule has 230 valence electrons. The topological polar surface area (TPSA) is 137 Å². The summed E-state index contributed by atoms with van der Waals surface area (Å²) >= 11 is 0. The summed E-state index contributed by atoms with van der Waals surface area (Å²) in [7, 11) is 1.64. The third kappa shape index (κ3) is 8.28. The first-order chi connectivity index (χ1) is 19.3. The third-order valence-electron chi connectivity index (χ3n) is 7.51. The first-order valence-corrected chi connectivity index (χ1v) is 14.5. The predicted molar refractivity (Wildman–Crippen MR) is 155 cm³/mol. The largest absolute Gasteiger partial charge is 0.465 e. The normalized spacial score (nSPS) is 21.6. The highest BCUT2D eigenvalue weighted by molar-refractivity contribution is 5.99. The van der Waals surface area contributed by atoms with Crippen molar-refractivity contribution in [3.63, 3.8) is 0 Å². The van der Waals surface area contributed by atoms with E-state index in [-0.39, 0.29) is 36.2 Å². The number of amides is 3. The molecule has 0 spiro atoms. The highest BCUT2D eigenvalue weighted by Crippen LogP contribution is 2.35. The summed E-state index contributed by atoms with van der Waals surface area (Å²) in [4.78, 5) is 54.4. The highest BCUT2D eigenvalue weighted by atomic mass is 16.5. The van der Waals surface area contributed by atoms with Crippen molar-refractivity contribution in [1.82, 2.24) is 24.7 Å². The van der Waals surface area contributed by atoms with Gasteiger partial charge < -0.3 is 34.6 Å². The number of aromatic nitrogens is 2. The highest BCUT2D eigenvalue weighted by Gasteiger charge is 2.48. The van der Waals surface area contributed by atoms with Crippen molar-refractivity contribution in [3.05, 3.63) is 17.6 Å². The van der Waals surface area contributed by atoms with Crippen molar-refractivity contribution < 1.29 is 29.0 Å². The van der Waals surface area contributed by atoms with Crippen LogP contribution in [0.1, 0.15) is 70.6 Å². The Labute approximate surface area is 243 Å². The van der Waals surface area contributed by atoms with E-state index in [9.17, 15) is 19.5 Å². The van der Waals surface area contributed by atoms with E-state index in [4.69, 9.17) is 14.5 Å². The Hall–Kier alpha value is -2.99. The molecule has 3 rings (SSSR count). The minimum Gasteiger partial charge on any atom is -0.465 e. The van der Waals surface area contributed by atoms with E-state index in [1.807, 2.05) is 41.5 Å². The number of carbonyl (C=O) groups is 3. The van der Waals surface area contributed by atoms with Gasteiger partial charge in [0.2, 0.25) is 5.91 Å². The number of morpholine rings is 1. The van der Waals surface area contributed by atoms with Gasteiger partial charge in [0.1, 0.15) is 17.2 Å². The fraction of sp³-hybridized carbons (Fsp3) is 0.759. The standard InChI is InChI=1S/C29H48N6O6/c1-20(2)17-35(24(36)22-16-31-25(28(3,4)5)32-23(22)30-9-8-12-40-7)21-15-29(6,19-34(18-21)27(38)39)26(37)33-10-13-41-14-11-33/h16,20-21H,8-15,17-19H2,1-7H3,(H,38,39)(H,30,31,32)/t21-,29?/m0/s1. The van der Waals surface area contributed by atoms with E-state index < -0.39 is 17.6 Å². The molecule has 0 radical (unpaired) electrons. The van der Waals surface area contributed by atoms with Crippen molar-refractivity contribution in [2.45, 2.75) is 65.8 Å². The lowest BCUT2D eigenvalue weighted by molar-refractivity contribution is -0.149. The predicted octanol–water partition coefficient (Wildman–Crippen LogP) is 2.94. The molecular weight excluding hydrogens is 528 g/mol. The van der Waals surface area contributed by atoms with Crippen LogP contribution < -0.4 is 5.32 Å². The van der Waals surface area contributed by atoms with Crippen LogP contribution in [-0.4, -0.2) is 120 Å². The van der Waals surface area contributed by atoms with Crippen LogP contribution >= 0.6 is 0 Å². The molecular formula is C29H48N6O6. The van der Waals surface area contributed by atoms with E-state index in [0.717, 1.165) is 6.42 Å². The van der Waals surface area contributed by atoms with E-state index in [2.05, 4.69) is 10.3 Å². The summed E-state index contributed by atoms with van der Waals surface area (Å²) in [6.45, 7) is 15.4. The van der Waals surface area contributed by atoms with Gasteiger partial charge in [0.25, 0.3) is 5.91 Å². The van der Waals surface area contributed by atoms with Crippen LogP contribution in [-0.2, 0) is 19.7 Å². The van der Waals surface area contributed by atoms with Crippen molar-refractivity contribution in [2.75, 3.05) is 71.5 Å². The van der Waals surface area contributed by atoms with Gasteiger partial charge in [0, 0.05) is 64.6 Å². The zero-order chi connectivity index (χ0) is 30.4. The van der Waals surface area contributed by atoms with Gasteiger partial charge in [0.15, 0.2) is 0 Å². The Morgan fingerprint density at radius 2 is 1.93 bits per heavy atom. The van der Waals surface area contributed by atoms with Gasteiger partial charge in [-0.2, -0.15) is 0 Å². The number of anilines is 1. The first-order valence-electron chi connectivity index (χ1n) is 14.5. The average molecular weight is 577 g/mol. The molecule has 41 heavy (non-hydrogen) atoms. The summed E-state index contributed by atoms with van der Waals surface area (Å²) in [6.07, 6.45) is 1.54. The lowest BCUT2D eigenvalue weighted by Crippen LogP contribution is -2.62. The van der Waals surface area contributed by atoms with Crippen LogP contribution in [0.3, 0.4) is 0 Å². The average Bonchev–Trinajstić information content (AvgIpc) is 2.92. The zero-order valence-corrected chi connectivity index (χ0v) is 25.7. The molecule has 2 N–H and O–H groups in total. The van der Waals surface area contributed by atoms with E-state index in [1.54, 1.807) is 23.1 Å². The SMILES string of the molecule is COCCCNc1nc(C(C)(C)C)ncc1C(=O)N(CC(C)C)[C@@H]1CN(C(=O)O)CC(C)(C(=O)N2CCOCC2)C1. The minimum atomic E-state index is -1.11. The molecule has 0 bridgehead atoms. The number of methoxy groups -OCH3 is 1. The lowest BCUT2D eigenvalue weighted by atomic mass is 9.77. The van der Waals surface area contributed by atoms with Crippen molar-refractivity contribution in [2.24, 2.45) is 11.3 Å². The second-order valence-electron chi connectivity index (χ2n) is 12.8. The van der Waals surface area contributed by atoms with Crippen LogP contribution in [0.2, 0.25) is 0 Å². The molecule has 2 atom stereocenters. The molecule has 0 aromatic carbocycles. The summed E-state index contributed by atoms with van der Waals surface area (Å²) in [5.74, 6) is 0.766. The van der Waals surface area contributed by atoms with Gasteiger partial charge in [-0.15, -0.1) is 0 Å². The van der Waals surface area contributed by atoms with Gasteiger partial charge in [-0.25, -0.2) is 14.8 Å². The number of hydrogen-bond acceptors (Lipinski definition) is 8. The van der Waals surface area contributed by atoms with E-state index in [0.29, 0.717) is 69.6 Å². The number of carboxylic acid groups (broad SMARTS) is 1. The number of piperidine rings is 1. The number of nitrogens with one attached hydrogen (secondary N) is 1. The van der Waals surface area contributed by atoms with Crippen molar-refractivity contribution in [3.8, 4) is 0 Å². The van der Waals surface area contributed by atoms with Crippen molar-refractivity contribution in [1.29, 1.82) is 0 Å². The molecule has 0 saturated carbocycles. The number of rotatable bonds is 10. The van der Waals surface area contributed by atoms with E-state index >= 15 is 0 Å². The third-order valence-corrected chi connectivity index (χ3v) is 7.51. The number of ether oxygens (including phenoxy) is 2. The van der Waals surface area contributed by atoms with Crippen LogP contribution in [0.25, 0.3) is 0 Å². The second kappa shape index (κ2) is 13.8. The van der Waals surface area contributed by atoms with Gasteiger partial charge >= 0.3 is 6.09 Å². The van der Waals surface area contributed by atoms with Crippen molar-refractivity contribution >= 4 is 23.7 Å². The summed E-state index contributed by atoms with van der Waals surface area (Å²) in [5, 5.41) is 13.3. The van der Waals surface area contributed by atoms with Gasteiger partial charge in [0.05, 0.1) is 24.7 Å². The molecule has 0 aliphatic carbocycles. The summed E-state index contributed by atoms with van der Waals surface area (Å²) < 4.78 is 10.6. The molecule has 2 aliphatic heterocycles. The Kier molecular flexibility index (Phi) is 10.9. The zero-order valence-electron chi connectivity index (χ0n) is 25.7. The van der Waals surface area contributed by atoms with Gasteiger partial charge in [-0.3, -0.25) is 9.59 Å². The quantitative estimate of drug-likeness (QED) is 0.403. The van der Waals surface area contributed by atoms with E-state index in [1.165, 1.54) is 4.90 Å². The van der Waals surface area contributed by atoms with Crippen LogP contribution in [0.15, 0.2) is 6.20 Å². The Morgan fingerprint density at radius 1 is 1.24 bits per heavy atom. The maximum atomic E-state index is 14.3. The number of carbonyl (C=O) groups excluding carboxylic acids is 2. The van der Waals surface area contributed by atoms with Gasteiger partial charge in [-0.05, 0) is 25.7 Å². The van der Waals surface area contributed by atoms with Crippen LogP contribution in [0, 0.1) is 11.3 Å². The Bertz CT molecular complexity index is 1070. The molecule has 2 aliphatic rings. The molecule has 2 fully saturated rings. The molecule has 3 amide bonds. The monoisotopic (exact) mass is 576 g/mol. The van der Waals surface area contributed by atoms with Crippen LogP contribution in [0.5, 0.6) is 0 Å². The lowest BCUT2D eigenvalue weighted by Gasteiger charge is -2.48. The number of likely N-dealkylation sites (tertiary alicyclic amines) is 1. The second-order valence-corrected chi connectivity index (χ2v) is 12.8.